The van der Waals surface area contributed by atoms with E-state index in [0.29, 0.717) is 6.42 Å². The van der Waals surface area contributed by atoms with Crippen molar-refractivity contribution in [3.05, 3.63) is 107 Å². The quantitative estimate of drug-likeness (QED) is 0.423. The Bertz CT molecular complexity index is 1020. The smallest absolute Gasteiger partial charge is 0.178 e. The van der Waals surface area contributed by atoms with Gasteiger partial charge in [0.2, 0.25) is 0 Å². The minimum Gasteiger partial charge on any atom is -0.379 e. The average Bonchev–Trinajstić information content (AvgIpc) is 2.88. The number of carbonyl (C=O) groups is 1. The molecule has 1 fully saturated rings. The highest BCUT2D eigenvalue weighted by Crippen LogP contribution is 2.41. The molecule has 4 rings (SSSR count). The van der Waals surface area contributed by atoms with E-state index >= 15 is 0 Å². The minimum absolute atomic E-state index is 0.169. The maximum absolute atomic E-state index is 14.8. The molecular formula is C30H36N2O2. The van der Waals surface area contributed by atoms with Crippen LogP contribution in [0.4, 0.5) is 0 Å². The van der Waals surface area contributed by atoms with Crippen molar-refractivity contribution in [3.8, 4) is 0 Å². The summed E-state index contributed by atoms with van der Waals surface area (Å²) in [6, 6.07) is 29.0. The van der Waals surface area contributed by atoms with Crippen LogP contribution >= 0.6 is 0 Å². The highest BCUT2D eigenvalue weighted by atomic mass is 16.5. The zero-order chi connectivity index (χ0) is 24.0. The number of ether oxygens (including phenoxy) is 1. The first-order valence-electron chi connectivity index (χ1n) is 12.2. The molecule has 1 aliphatic heterocycles. The summed E-state index contributed by atoms with van der Waals surface area (Å²) in [6.45, 7) is 6.23. The van der Waals surface area contributed by atoms with E-state index in [1.807, 2.05) is 54.6 Å². The second kappa shape index (κ2) is 11.1. The highest BCUT2D eigenvalue weighted by Gasteiger charge is 2.44. The van der Waals surface area contributed by atoms with Crippen molar-refractivity contribution in [3.63, 3.8) is 0 Å². The summed E-state index contributed by atoms with van der Waals surface area (Å²) in [4.78, 5) is 19.4. The van der Waals surface area contributed by atoms with E-state index in [1.54, 1.807) is 0 Å². The Morgan fingerprint density at radius 3 is 1.97 bits per heavy atom. The van der Waals surface area contributed by atoms with Gasteiger partial charge in [-0.25, -0.2) is 0 Å². The zero-order valence-electron chi connectivity index (χ0n) is 20.6. The van der Waals surface area contributed by atoms with Crippen molar-refractivity contribution in [1.82, 2.24) is 9.80 Å². The monoisotopic (exact) mass is 456 g/mol. The predicted molar refractivity (Wildman–Crippen MR) is 138 cm³/mol. The Morgan fingerprint density at radius 1 is 0.882 bits per heavy atom. The van der Waals surface area contributed by atoms with Crippen molar-refractivity contribution >= 4 is 5.78 Å². The van der Waals surface area contributed by atoms with Crippen LogP contribution in [0.2, 0.25) is 0 Å². The fourth-order valence-corrected chi connectivity index (χ4v) is 4.94. The standard InChI is InChI=1S/C30H36N2O2/c1-24(31(2)3)22-30(26-13-6-4-7-14-26,27-15-8-5-9-16-27)29(33)28-17-11-10-12-25(28)23-32-18-20-34-21-19-32/h4-17,24H,18-23H2,1-3H3/t24-/m0/s1. The first-order chi connectivity index (χ1) is 16.5. The molecule has 3 aromatic rings. The van der Waals surface area contributed by atoms with Gasteiger partial charge in [-0.15, -0.1) is 0 Å². The summed E-state index contributed by atoms with van der Waals surface area (Å²) in [5, 5.41) is 0. The third kappa shape index (κ3) is 5.15. The van der Waals surface area contributed by atoms with Gasteiger partial charge in [0.1, 0.15) is 0 Å². The first-order valence-corrected chi connectivity index (χ1v) is 12.2. The molecule has 0 aromatic heterocycles. The van der Waals surface area contributed by atoms with Crippen LogP contribution in [-0.2, 0) is 16.7 Å². The van der Waals surface area contributed by atoms with E-state index in [4.69, 9.17) is 4.74 Å². The van der Waals surface area contributed by atoms with Gasteiger partial charge in [-0.05, 0) is 44.1 Å². The van der Waals surface area contributed by atoms with Gasteiger partial charge in [0.25, 0.3) is 0 Å². The van der Waals surface area contributed by atoms with Crippen LogP contribution in [-0.4, -0.2) is 62.0 Å². The third-order valence-electron chi connectivity index (χ3n) is 7.16. The number of Topliss-reactive ketones (excluding diaryl/α,β-unsaturated/α-hetero) is 1. The zero-order valence-corrected chi connectivity index (χ0v) is 20.6. The molecule has 34 heavy (non-hydrogen) atoms. The Morgan fingerprint density at radius 2 is 1.41 bits per heavy atom. The van der Waals surface area contributed by atoms with Crippen LogP contribution < -0.4 is 0 Å². The predicted octanol–water partition coefficient (Wildman–Crippen LogP) is 5.03. The second-order valence-corrected chi connectivity index (χ2v) is 9.53. The van der Waals surface area contributed by atoms with Crippen molar-refractivity contribution < 1.29 is 9.53 Å². The molecule has 0 amide bonds. The molecule has 4 nitrogen and oxygen atoms in total. The number of nitrogens with zero attached hydrogens (tertiary/aromatic N) is 2. The molecule has 3 aromatic carbocycles. The summed E-state index contributed by atoms with van der Waals surface area (Å²) in [5.74, 6) is 0.169. The van der Waals surface area contributed by atoms with Crippen LogP contribution in [0.1, 0.15) is 40.4 Å². The number of hydrogen-bond donors (Lipinski definition) is 0. The fraction of sp³-hybridized carbons (Fsp3) is 0.367. The molecule has 0 N–H and O–H groups in total. The van der Waals surface area contributed by atoms with Gasteiger partial charge < -0.3 is 9.64 Å². The number of hydrogen-bond acceptors (Lipinski definition) is 4. The number of carbonyl (C=O) groups excluding carboxylic acids is 1. The number of rotatable bonds is 9. The Balaban J connectivity index is 1.86. The molecule has 0 unspecified atom stereocenters. The molecule has 1 aliphatic rings. The van der Waals surface area contributed by atoms with E-state index in [9.17, 15) is 4.79 Å². The lowest BCUT2D eigenvalue weighted by Gasteiger charge is -2.38. The van der Waals surface area contributed by atoms with Gasteiger partial charge in [0.15, 0.2) is 5.78 Å². The number of ketones is 1. The van der Waals surface area contributed by atoms with Crippen LogP contribution in [0.5, 0.6) is 0 Å². The van der Waals surface area contributed by atoms with Crippen molar-refractivity contribution in [2.45, 2.75) is 31.3 Å². The Kier molecular flexibility index (Phi) is 7.94. The van der Waals surface area contributed by atoms with Gasteiger partial charge in [0, 0.05) is 31.2 Å². The molecule has 4 heteroatoms. The molecule has 1 heterocycles. The van der Waals surface area contributed by atoms with E-state index in [2.05, 4.69) is 61.2 Å². The van der Waals surface area contributed by atoms with Gasteiger partial charge in [0.05, 0.1) is 18.6 Å². The highest BCUT2D eigenvalue weighted by molar-refractivity contribution is 6.07. The molecule has 1 atom stereocenters. The Hall–Kier alpha value is -2.79. The summed E-state index contributed by atoms with van der Waals surface area (Å²) in [5.41, 5.74) is 3.20. The van der Waals surface area contributed by atoms with Gasteiger partial charge in [-0.1, -0.05) is 84.9 Å². The number of benzene rings is 3. The first kappa shape index (κ1) is 24.3. The fourth-order valence-electron chi connectivity index (χ4n) is 4.94. The molecule has 0 aliphatic carbocycles. The van der Waals surface area contributed by atoms with Gasteiger partial charge in [-0.2, -0.15) is 0 Å². The van der Waals surface area contributed by atoms with E-state index in [-0.39, 0.29) is 11.8 Å². The summed E-state index contributed by atoms with van der Waals surface area (Å²) >= 11 is 0. The topological polar surface area (TPSA) is 32.8 Å². The van der Waals surface area contributed by atoms with E-state index in [1.165, 1.54) is 0 Å². The largest absolute Gasteiger partial charge is 0.379 e. The lowest BCUT2D eigenvalue weighted by molar-refractivity contribution is 0.0340. The van der Waals surface area contributed by atoms with Crippen molar-refractivity contribution in [1.29, 1.82) is 0 Å². The molecule has 178 valence electrons. The molecule has 0 saturated carbocycles. The molecule has 1 saturated heterocycles. The van der Waals surface area contributed by atoms with Crippen molar-refractivity contribution in [2.75, 3.05) is 40.4 Å². The minimum atomic E-state index is -0.784. The third-order valence-corrected chi connectivity index (χ3v) is 7.16. The lowest BCUT2D eigenvalue weighted by atomic mass is 9.65. The molecule has 0 radical (unpaired) electrons. The summed E-state index contributed by atoms with van der Waals surface area (Å²) in [6.07, 6.45) is 0.693. The van der Waals surface area contributed by atoms with Crippen LogP contribution in [0.15, 0.2) is 84.9 Å². The SMILES string of the molecule is C[C@@H](CC(C(=O)c1ccccc1CN1CCOCC1)(c1ccccc1)c1ccccc1)N(C)C. The lowest BCUT2D eigenvalue weighted by Crippen LogP contribution is -2.44. The van der Waals surface area contributed by atoms with Gasteiger partial charge >= 0.3 is 0 Å². The van der Waals surface area contributed by atoms with Crippen LogP contribution in [0.25, 0.3) is 0 Å². The molecule has 0 bridgehead atoms. The summed E-state index contributed by atoms with van der Waals surface area (Å²) in [7, 11) is 4.17. The molecular weight excluding hydrogens is 420 g/mol. The maximum Gasteiger partial charge on any atom is 0.178 e. The van der Waals surface area contributed by atoms with Crippen molar-refractivity contribution in [2.24, 2.45) is 0 Å². The van der Waals surface area contributed by atoms with Crippen LogP contribution in [0.3, 0.4) is 0 Å². The van der Waals surface area contributed by atoms with Gasteiger partial charge in [-0.3, -0.25) is 9.69 Å². The number of morpholine rings is 1. The van der Waals surface area contributed by atoms with E-state index < -0.39 is 5.41 Å². The maximum atomic E-state index is 14.8. The molecule has 0 spiro atoms. The normalized spacial score (nSPS) is 15.9. The Labute approximate surface area is 204 Å². The van der Waals surface area contributed by atoms with E-state index in [0.717, 1.165) is 55.1 Å². The van der Waals surface area contributed by atoms with Crippen LogP contribution in [0, 0.1) is 0 Å². The average molecular weight is 457 g/mol. The second-order valence-electron chi connectivity index (χ2n) is 9.53. The summed E-state index contributed by atoms with van der Waals surface area (Å²) < 4.78 is 5.54.